The van der Waals surface area contributed by atoms with E-state index in [9.17, 15) is 9.90 Å². The largest absolute Gasteiger partial charge is 0.507 e. The number of likely N-dealkylation sites (tertiary alicyclic amines) is 1. The van der Waals surface area contributed by atoms with Gasteiger partial charge in [0.05, 0.1) is 18.2 Å². The highest BCUT2D eigenvalue weighted by Gasteiger charge is 2.32. The summed E-state index contributed by atoms with van der Waals surface area (Å²) in [6.07, 6.45) is 4.03. The molecule has 2 aliphatic rings. The summed E-state index contributed by atoms with van der Waals surface area (Å²) in [5, 5.41) is 10.4. The summed E-state index contributed by atoms with van der Waals surface area (Å²) in [5.41, 5.74) is 2.06. The Balaban J connectivity index is 1.60. The van der Waals surface area contributed by atoms with Crippen molar-refractivity contribution in [1.82, 2.24) is 4.90 Å². The van der Waals surface area contributed by atoms with Crippen LogP contribution in [-0.2, 0) is 6.54 Å². The van der Waals surface area contributed by atoms with Gasteiger partial charge in [0, 0.05) is 6.54 Å². The number of ketones is 1. The fraction of sp³-hybridized carbons (Fsp3) is 0.348. The van der Waals surface area contributed by atoms with Crippen LogP contribution in [0.5, 0.6) is 17.2 Å². The van der Waals surface area contributed by atoms with Crippen LogP contribution in [0, 0.1) is 5.92 Å². The zero-order valence-electron chi connectivity index (χ0n) is 16.3. The van der Waals surface area contributed by atoms with Gasteiger partial charge in [0.15, 0.2) is 5.76 Å². The van der Waals surface area contributed by atoms with E-state index < -0.39 is 0 Å². The molecular weight excluding hydrogens is 354 g/mol. The quantitative estimate of drug-likeness (QED) is 0.805. The second-order valence-electron chi connectivity index (χ2n) is 7.61. The average Bonchev–Trinajstić information content (AvgIpc) is 3.02. The normalized spacial score (nSPS) is 18.9. The third-order valence-corrected chi connectivity index (χ3v) is 5.59. The molecule has 0 spiro atoms. The number of phenols is 1. The van der Waals surface area contributed by atoms with E-state index in [4.69, 9.17) is 9.47 Å². The minimum absolute atomic E-state index is 0.153. The summed E-state index contributed by atoms with van der Waals surface area (Å²) >= 11 is 0. The van der Waals surface area contributed by atoms with E-state index in [0.29, 0.717) is 23.4 Å². The number of rotatable bonds is 4. The summed E-state index contributed by atoms with van der Waals surface area (Å²) in [6.45, 7) is 4.84. The Morgan fingerprint density at radius 1 is 1.18 bits per heavy atom. The number of methoxy groups -OCH3 is 1. The van der Waals surface area contributed by atoms with Crippen molar-refractivity contribution in [3.63, 3.8) is 0 Å². The van der Waals surface area contributed by atoms with Crippen molar-refractivity contribution in [2.45, 2.75) is 26.3 Å². The molecule has 4 rings (SSSR count). The number of allylic oxidation sites excluding steroid dienone is 1. The van der Waals surface area contributed by atoms with Gasteiger partial charge in [0.25, 0.3) is 0 Å². The van der Waals surface area contributed by atoms with Gasteiger partial charge in [-0.15, -0.1) is 0 Å². The number of carbonyl (C=O) groups is 1. The summed E-state index contributed by atoms with van der Waals surface area (Å²) in [4.78, 5) is 15.1. The van der Waals surface area contributed by atoms with Crippen LogP contribution in [0.25, 0.3) is 6.08 Å². The van der Waals surface area contributed by atoms with Crippen molar-refractivity contribution >= 4 is 11.9 Å². The molecule has 5 nitrogen and oxygen atoms in total. The minimum Gasteiger partial charge on any atom is -0.507 e. The molecule has 0 aliphatic carbocycles. The maximum atomic E-state index is 12.8. The van der Waals surface area contributed by atoms with Crippen LogP contribution in [0.1, 0.15) is 41.3 Å². The second kappa shape index (κ2) is 7.68. The number of ether oxygens (including phenoxy) is 2. The molecule has 0 aromatic heterocycles. The first kappa shape index (κ1) is 18.6. The van der Waals surface area contributed by atoms with E-state index in [1.54, 1.807) is 25.3 Å². The first-order chi connectivity index (χ1) is 13.5. The fourth-order valence-corrected chi connectivity index (χ4v) is 3.74. The molecule has 2 aromatic rings. The molecule has 2 heterocycles. The lowest BCUT2D eigenvalue weighted by Gasteiger charge is -2.30. The Bertz CT molecular complexity index is 909. The van der Waals surface area contributed by atoms with Crippen molar-refractivity contribution in [2.75, 3.05) is 20.2 Å². The van der Waals surface area contributed by atoms with Gasteiger partial charge in [-0.05, 0) is 67.8 Å². The smallest absolute Gasteiger partial charge is 0.231 e. The molecule has 2 aliphatic heterocycles. The summed E-state index contributed by atoms with van der Waals surface area (Å²) in [6, 6.07) is 10.7. The molecule has 0 radical (unpaired) electrons. The van der Waals surface area contributed by atoms with Gasteiger partial charge in [0.1, 0.15) is 17.2 Å². The van der Waals surface area contributed by atoms with Gasteiger partial charge in [-0.1, -0.05) is 19.1 Å². The molecular formula is C23H25NO4. The molecule has 1 saturated heterocycles. The number of phenolic OH excluding ortho intramolecular Hbond substituents is 1. The molecule has 28 heavy (non-hydrogen) atoms. The molecule has 0 atom stereocenters. The van der Waals surface area contributed by atoms with Crippen LogP contribution < -0.4 is 9.47 Å². The molecule has 0 unspecified atom stereocenters. The number of piperidine rings is 1. The number of benzene rings is 2. The van der Waals surface area contributed by atoms with E-state index >= 15 is 0 Å². The van der Waals surface area contributed by atoms with E-state index in [1.807, 2.05) is 24.3 Å². The van der Waals surface area contributed by atoms with Crippen LogP contribution in [0.3, 0.4) is 0 Å². The van der Waals surface area contributed by atoms with Crippen LogP contribution in [-0.4, -0.2) is 36.0 Å². The van der Waals surface area contributed by atoms with Gasteiger partial charge in [-0.25, -0.2) is 0 Å². The Kier molecular flexibility index (Phi) is 5.09. The Morgan fingerprint density at radius 2 is 1.89 bits per heavy atom. The van der Waals surface area contributed by atoms with Crippen molar-refractivity contribution in [3.05, 3.63) is 58.8 Å². The summed E-state index contributed by atoms with van der Waals surface area (Å²) in [7, 11) is 1.62. The fourth-order valence-electron chi connectivity index (χ4n) is 3.74. The number of aromatic hydroxyl groups is 1. The first-order valence-electron chi connectivity index (χ1n) is 9.70. The maximum Gasteiger partial charge on any atom is 0.231 e. The van der Waals surface area contributed by atoms with Gasteiger partial charge in [-0.2, -0.15) is 0 Å². The number of hydrogen-bond donors (Lipinski definition) is 1. The highest BCUT2D eigenvalue weighted by Crippen LogP contribution is 2.40. The lowest BCUT2D eigenvalue weighted by Crippen LogP contribution is -2.32. The zero-order valence-corrected chi connectivity index (χ0v) is 16.3. The third-order valence-electron chi connectivity index (χ3n) is 5.59. The number of carbonyl (C=O) groups excluding carboxylic acids is 1. The number of fused-ring (bicyclic) bond motifs is 1. The lowest BCUT2D eigenvalue weighted by atomic mass is 9.98. The van der Waals surface area contributed by atoms with Crippen LogP contribution in [0.4, 0.5) is 0 Å². The zero-order chi connectivity index (χ0) is 19.7. The van der Waals surface area contributed by atoms with E-state index in [0.717, 1.165) is 43.2 Å². The van der Waals surface area contributed by atoms with Crippen LogP contribution in [0.2, 0.25) is 0 Å². The monoisotopic (exact) mass is 379 g/mol. The molecule has 1 N–H and O–H groups in total. The number of Topliss-reactive ketones (excluding diaryl/α,β-unsaturated/α-hetero) is 1. The molecule has 0 bridgehead atoms. The van der Waals surface area contributed by atoms with E-state index in [2.05, 4.69) is 11.8 Å². The highest BCUT2D eigenvalue weighted by molar-refractivity contribution is 6.15. The van der Waals surface area contributed by atoms with Crippen molar-refractivity contribution in [1.29, 1.82) is 0 Å². The molecule has 5 heteroatoms. The van der Waals surface area contributed by atoms with E-state index in [-0.39, 0.29) is 17.3 Å². The summed E-state index contributed by atoms with van der Waals surface area (Å²) in [5.74, 6) is 2.29. The predicted octanol–water partition coefficient (Wildman–Crippen LogP) is 4.25. The number of hydrogen-bond acceptors (Lipinski definition) is 5. The van der Waals surface area contributed by atoms with Gasteiger partial charge in [-0.3, -0.25) is 9.69 Å². The predicted molar refractivity (Wildman–Crippen MR) is 108 cm³/mol. The van der Waals surface area contributed by atoms with Crippen molar-refractivity contribution in [3.8, 4) is 17.2 Å². The highest BCUT2D eigenvalue weighted by atomic mass is 16.5. The molecule has 0 amide bonds. The Labute approximate surface area is 165 Å². The lowest BCUT2D eigenvalue weighted by molar-refractivity contribution is 0.101. The van der Waals surface area contributed by atoms with Crippen molar-refractivity contribution < 1.29 is 19.4 Å². The first-order valence-corrected chi connectivity index (χ1v) is 9.70. The van der Waals surface area contributed by atoms with Crippen LogP contribution in [0.15, 0.2) is 42.2 Å². The van der Waals surface area contributed by atoms with Crippen molar-refractivity contribution in [2.24, 2.45) is 5.92 Å². The second-order valence-corrected chi connectivity index (χ2v) is 7.61. The minimum atomic E-state index is -0.153. The number of nitrogens with zero attached hydrogens (tertiary/aromatic N) is 1. The van der Waals surface area contributed by atoms with Crippen LogP contribution >= 0.6 is 0 Å². The maximum absolute atomic E-state index is 12.8. The molecule has 2 aromatic carbocycles. The molecule has 146 valence electrons. The SMILES string of the molecule is COc1ccc(/C=C2/Oc3c(ccc(O)c3CN3CCC(C)CC3)C2=O)cc1. The topological polar surface area (TPSA) is 59.0 Å². The average molecular weight is 379 g/mol. The summed E-state index contributed by atoms with van der Waals surface area (Å²) < 4.78 is 11.1. The van der Waals surface area contributed by atoms with Gasteiger partial charge >= 0.3 is 0 Å². The standard InChI is InChI=1S/C23H25NO4/c1-15-9-11-24(12-10-15)14-19-20(25)8-7-18-22(26)21(28-23(18)19)13-16-3-5-17(27-2)6-4-16/h3-8,13,15,25H,9-12,14H2,1-2H3/b21-13+. The Morgan fingerprint density at radius 3 is 2.57 bits per heavy atom. The third kappa shape index (κ3) is 3.62. The van der Waals surface area contributed by atoms with Gasteiger partial charge < -0.3 is 14.6 Å². The van der Waals surface area contributed by atoms with Gasteiger partial charge in [0.2, 0.25) is 5.78 Å². The molecule has 0 saturated carbocycles. The Hall–Kier alpha value is -2.79. The van der Waals surface area contributed by atoms with E-state index in [1.165, 1.54) is 0 Å². The molecule has 1 fully saturated rings.